The molecular weight excluding hydrogens is 270 g/mol. The van der Waals surface area contributed by atoms with E-state index in [0.29, 0.717) is 18.8 Å². The highest BCUT2D eigenvalue weighted by atomic mass is 35.5. The fraction of sp³-hybridized carbons (Fsp3) is 0.667. The normalized spacial score (nSPS) is 16.5. The van der Waals surface area contributed by atoms with Crippen LogP contribution in [-0.4, -0.2) is 42.8 Å². The molecular formula is C12H18ClN3O3. The van der Waals surface area contributed by atoms with E-state index in [1.54, 1.807) is 13.3 Å². The lowest BCUT2D eigenvalue weighted by Gasteiger charge is -2.24. The maximum absolute atomic E-state index is 12.0. The maximum Gasteiger partial charge on any atom is 0.287 e. The first-order valence-corrected chi connectivity index (χ1v) is 6.69. The van der Waals surface area contributed by atoms with Crippen molar-refractivity contribution in [2.24, 2.45) is 0 Å². The predicted molar refractivity (Wildman–Crippen MR) is 72.8 cm³/mol. The third-order valence-corrected chi connectivity index (χ3v) is 3.44. The van der Waals surface area contributed by atoms with Gasteiger partial charge in [-0.3, -0.25) is 4.79 Å². The van der Waals surface area contributed by atoms with Crippen molar-refractivity contribution in [1.82, 2.24) is 9.78 Å². The standard InChI is InChI=1S/C12H18ClN3O3/c1-18-7-4-16-12(17)11(13)10(8-14-16)15-9-2-5-19-6-3-9/h8-9,15H,2-7H2,1H3. The third-order valence-electron chi connectivity index (χ3n) is 3.07. The Kier molecular flexibility index (Phi) is 5.18. The molecule has 1 fully saturated rings. The molecule has 1 N–H and O–H groups in total. The summed E-state index contributed by atoms with van der Waals surface area (Å²) >= 11 is 6.09. The number of nitrogens with zero attached hydrogens (tertiary/aromatic N) is 2. The minimum absolute atomic E-state index is 0.178. The Morgan fingerprint density at radius 3 is 3.00 bits per heavy atom. The summed E-state index contributed by atoms with van der Waals surface area (Å²) in [6.45, 7) is 2.28. The van der Waals surface area contributed by atoms with Gasteiger partial charge in [-0.05, 0) is 12.8 Å². The molecule has 2 rings (SSSR count). The quantitative estimate of drug-likeness (QED) is 0.879. The molecule has 6 nitrogen and oxygen atoms in total. The highest BCUT2D eigenvalue weighted by Crippen LogP contribution is 2.19. The van der Waals surface area contributed by atoms with Gasteiger partial charge in [0.15, 0.2) is 0 Å². The molecule has 1 aliphatic rings. The van der Waals surface area contributed by atoms with Crippen molar-refractivity contribution in [3.63, 3.8) is 0 Å². The molecule has 1 aromatic rings. The molecule has 0 atom stereocenters. The average Bonchev–Trinajstić information content (AvgIpc) is 2.44. The molecule has 1 aromatic heterocycles. The number of nitrogens with one attached hydrogen (secondary N) is 1. The van der Waals surface area contributed by atoms with Crippen LogP contribution in [0.4, 0.5) is 5.69 Å². The van der Waals surface area contributed by atoms with E-state index < -0.39 is 0 Å². The Balaban J connectivity index is 2.09. The summed E-state index contributed by atoms with van der Waals surface area (Å²) in [5, 5.41) is 7.52. The van der Waals surface area contributed by atoms with Crippen LogP contribution < -0.4 is 10.9 Å². The summed E-state index contributed by atoms with van der Waals surface area (Å²) in [5.41, 5.74) is 0.294. The first kappa shape index (κ1) is 14.3. The van der Waals surface area contributed by atoms with Crippen LogP contribution in [0.2, 0.25) is 5.02 Å². The molecule has 0 bridgehead atoms. The van der Waals surface area contributed by atoms with Crippen LogP contribution >= 0.6 is 11.6 Å². The Morgan fingerprint density at radius 1 is 1.58 bits per heavy atom. The van der Waals surface area contributed by atoms with Crippen molar-refractivity contribution in [2.75, 3.05) is 32.2 Å². The fourth-order valence-corrected chi connectivity index (χ4v) is 2.17. The second kappa shape index (κ2) is 6.88. The molecule has 2 heterocycles. The molecule has 0 aromatic carbocycles. The van der Waals surface area contributed by atoms with E-state index in [1.807, 2.05) is 0 Å². The van der Waals surface area contributed by atoms with E-state index in [1.165, 1.54) is 4.68 Å². The number of anilines is 1. The Hall–Kier alpha value is -1.11. The van der Waals surface area contributed by atoms with Gasteiger partial charge in [0, 0.05) is 26.4 Å². The molecule has 106 valence electrons. The van der Waals surface area contributed by atoms with E-state index in [-0.39, 0.29) is 16.6 Å². The van der Waals surface area contributed by atoms with Gasteiger partial charge in [0.05, 0.1) is 25.0 Å². The van der Waals surface area contributed by atoms with Crippen molar-refractivity contribution < 1.29 is 9.47 Å². The van der Waals surface area contributed by atoms with Gasteiger partial charge in [-0.15, -0.1) is 0 Å². The highest BCUT2D eigenvalue weighted by molar-refractivity contribution is 6.32. The molecule has 7 heteroatoms. The van der Waals surface area contributed by atoms with E-state index in [4.69, 9.17) is 21.1 Å². The van der Waals surface area contributed by atoms with Crippen LogP contribution in [0.25, 0.3) is 0 Å². The molecule has 0 saturated carbocycles. The lowest BCUT2D eigenvalue weighted by Crippen LogP contribution is -2.30. The van der Waals surface area contributed by atoms with Gasteiger partial charge in [0.1, 0.15) is 5.02 Å². The largest absolute Gasteiger partial charge is 0.383 e. The number of hydrogen-bond acceptors (Lipinski definition) is 5. The Morgan fingerprint density at radius 2 is 2.32 bits per heavy atom. The minimum atomic E-state index is -0.296. The number of halogens is 1. The zero-order valence-electron chi connectivity index (χ0n) is 10.9. The minimum Gasteiger partial charge on any atom is -0.383 e. The van der Waals surface area contributed by atoms with E-state index >= 15 is 0 Å². The van der Waals surface area contributed by atoms with Crippen LogP contribution in [0.1, 0.15) is 12.8 Å². The topological polar surface area (TPSA) is 65.4 Å². The Labute approximate surface area is 116 Å². The van der Waals surface area contributed by atoms with Gasteiger partial charge < -0.3 is 14.8 Å². The molecule has 0 amide bonds. The summed E-state index contributed by atoms with van der Waals surface area (Å²) in [4.78, 5) is 12.0. The lowest BCUT2D eigenvalue weighted by atomic mass is 10.1. The summed E-state index contributed by atoms with van der Waals surface area (Å²) in [6, 6.07) is 0.280. The first-order valence-electron chi connectivity index (χ1n) is 6.31. The smallest absolute Gasteiger partial charge is 0.287 e. The van der Waals surface area contributed by atoms with Crippen molar-refractivity contribution in [1.29, 1.82) is 0 Å². The summed E-state index contributed by atoms with van der Waals surface area (Å²) < 4.78 is 11.5. The van der Waals surface area contributed by atoms with E-state index in [2.05, 4.69) is 10.4 Å². The average molecular weight is 288 g/mol. The van der Waals surface area contributed by atoms with Crippen molar-refractivity contribution in [2.45, 2.75) is 25.4 Å². The lowest BCUT2D eigenvalue weighted by molar-refractivity contribution is 0.0904. The van der Waals surface area contributed by atoms with Crippen molar-refractivity contribution in [3.8, 4) is 0 Å². The van der Waals surface area contributed by atoms with Gasteiger partial charge in [0.2, 0.25) is 0 Å². The number of hydrogen-bond donors (Lipinski definition) is 1. The summed E-state index contributed by atoms with van der Waals surface area (Å²) in [6.07, 6.45) is 3.40. The van der Waals surface area contributed by atoms with Gasteiger partial charge in [-0.2, -0.15) is 5.10 Å². The number of methoxy groups -OCH3 is 1. The third kappa shape index (κ3) is 3.68. The molecule has 19 heavy (non-hydrogen) atoms. The molecule has 0 radical (unpaired) electrons. The van der Waals surface area contributed by atoms with Gasteiger partial charge >= 0.3 is 0 Å². The van der Waals surface area contributed by atoms with Crippen LogP contribution in [0.15, 0.2) is 11.0 Å². The summed E-state index contributed by atoms with van der Waals surface area (Å²) in [5.74, 6) is 0. The zero-order chi connectivity index (χ0) is 13.7. The number of ether oxygens (including phenoxy) is 2. The molecule has 1 aliphatic heterocycles. The van der Waals surface area contributed by atoms with E-state index in [9.17, 15) is 4.79 Å². The van der Waals surface area contributed by atoms with Gasteiger partial charge in [-0.1, -0.05) is 11.6 Å². The van der Waals surface area contributed by atoms with E-state index in [0.717, 1.165) is 26.1 Å². The zero-order valence-corrected chi connectivity index (χ0v) is 11.7. The molecule has 0 spiro atoms. The molecule has 0 unspecified atom stereocenters. The predicted octanol–water partition coefficient (Wildman–Crippen LogP) is 1.13. The summed E-state index contributed by atoms with van der Waals surface area (Å²) in [7, 11) is 1.58. The number of aromatic nitrogens is 2. The second-order valence-electron chi connectivity index (χ2n) is 4.42. The monoisotopic (exact) mass is 287 g/mol. The van der Waals surface area contributed by atoms with Gasteiger partial charge in [-0.25, -0.2) is 4.68 Å². The Bertz CT molecular complexity index is 472. The first-order chi connectivity index (χ1) is 9.22. The molecule has 1 saturated heterocycles. The fourth-order valence-electron chi connectivity index (χ4n) is 1.96. The van der Waals surface area contributed by atoms with Crippen LogP contribution in [0.5, 0.6) is 0 Å². The maximum atomic E-state index is 12.0. The van der Waals surface area contributed by atoms with Crippen molar-refractivity contribution >= 4 is 17.3 Å². The second-order valence-corrected chi connectivity index (χ2v) is 4.80. The van der Waals surface area contributed by atoms with Crippen LogP contribution in [0.3, 0.4) is 0 Å². The van der Waals surface area contributed by atoms with Crippen LogP contribution in [-0.2, 0) is 16.0 Å². The number of rotatable bonds is 5. The highest BCUT2D eigenvalue weighted by Gasteiger charge is 2.16. The SMILES string of the molecule is COCCn1ncc(NC2CCOCC2)c(Cl)c1=O. The van der Waals surface area contributed by atoms with Crippen LogP contribution in [0, 0.1) is 0 Å². The van der Waals surface area contributed by atoms with Crippen molar-refractivity contribution in [3.05, 3.63) is 21.6 Å². The molecule has 0 aliphatic carbocycles. The van der Waals surface area contributed by atoms with Gasteiger partial charge in [0.25, 0.3) is 5.56 Å².